The van der Waals surface area contributed by atoms with E-state index in [1.165, 1.54) is 12.1 Å². The second kappa shape index (κ2) is 5.17. The Morgan fingerprint density at radius 3 is 2.78 bits per heavy atom. The highest BCUT2D eigenvalue weighted by Crippen LogP contribution is 2.13. The zero-order valence-electron chi connectivity index (χ0n) is 9.62. The van der Waals surface area contributed by atoms with Crippen molar-refractivity contribution in [3.8, 4) is 0 Å². The Labute approximate surface area is 103 Å². The quantitative estimate of drug-likeness (QED) is 0.673. The zero-order chi connectivity index (χ0) is 13.0. The van der Waals surface area contributed by atoms with Gasteiger partial charge in [-0.2, -0.15) is 5.10 Å². The molecule has 2 amide bonds. The first-order valence-corrected chi connectivity index (χ1v) is 5.25. The lowest BCUT2D eigenvalue weighted by Crippen LogP contribution is -2.20. The van der Waals surface area contributed by atoms with Crippen molar-refractivity contribution < 1.29 is 9.18 Å². The van der Waals surface area contributed by atoms with Crippen LogP contribution in [0.15, 0.2) is 30.3 Å². The van der Waals surface area contributed by atoms with Crippen LogP contribution in [0.2, 0.25) is 0 Å². The number of anilines is 3. The normalized spacial score (nSPS) is 9.89. The molecule has 0 radical (unpaired) electrons. The van der Waals surface area contributed by atoms with Crippen LogP contribution in [0.5, 0.6) is 0 Å². The molecule has 0 unspecified atom stereocenters. The Bertz CT molecular complexity index is 554. The monoisotopic (exact) mass is 249 g/mol. The third kappa shape index (κ3) is 2.76. The molecule has 4 N–H and O–H groups in total. The van der Waals surface area contributed by atoms with Gasteiger partial charge in [0.1, 0.15) is 17.5 Å². The van der Waals surface area contributed by atoms with E-state index in [2.05, 4.69) is 26.1 Å². The molecule has 0 aliphatic rings. The lowest BCUT2D eigenvalue weighted by Gasteiger charge is -2.06. The van der Waals surface area contributed by atoms with Crippen molar-refractivity contribution in [3.05, 3.63) is 36.1 Å². The fraction of sp³-hybridized carbons (Fsp3) is 0.0909. The lowest BCUT2D eigenvalue weighted by atomic mass is 10.3. The van der Waals surface area contributed by atoms with Gasteiger partial charge in [-0.1, -0.05) is 12.1 Å². The fourth-order valence-electron chi connectivity index (χ4n) is 1.35. The van der Waals surface area contributed by atoms with Crippen LogP contribution in [0, 0.1) is 5.82 Å². The number of H-pyrrole nitrogens is 1. The van der Waals surface area contributed by atoms with E-state index < -0.39 is 11.8 Å². The van der Waals surface area contributed by atoms with E-state index in [-0.39, 0.29) is 5.69 Å². The number of hydrogen-bond donors (Lipinski definition) is 4. The number of carbonyl (C=O) groups excluding carboxylic acids is 1. The van der Waals surface area contributed by atoms with Gasteiger partial charge in [0.2, 0.25) is 0 Å². The van der Waals surface area contributed by atoms with Crippen molar-refractivity contribution in [2.24, 2.45) is 0 Å². The summed E-state index contributed by atoms with van der Waals surface area (Å²) in [6.07, 6.45) is 0. The Hall–Kier alpha value is -2.57. The van der Waals surface area contributed by atoms with Crippen molar-refractivity contribution in [2.75, 3.05) is 23.0 Å². The van der Waals surface area contributed by atoms with Crippen LogP contribution >= 0.6 is 0 Å². The SMILES string of the molecule is CNc1cc(NC(=O)Nc2ccccc2F)[nH]n1. The average Bonchev–Trinajstić information content (AvgIpc) is 2.80. The summed E-state index contributed by atoms with van der Waals surface area (Å²) in [6.45, 7) is 0. The van der Waals surface area contributed by atoms with Crippen LogP contribution in [-0.2, 0) is 0 Å². The Kier molecular flexibility index (Phi) is 3.42. The molecule has 2 rings (SSSR count). The van der Waals surface area contributed by atoms with Crippen LogP contribution in [0.1, 0.15) is 0 Å². The maximum atomic E-state index is 13.3. The number of amides is 2. The predicted molar refractivity (Wildman–Crippen MR) is 67.2 cm³/mol. The Morgan fingerprint density at radius 1 is 1.33 bits per heavy atom. The molecule has 0 aliphatic carbocycles. The standard InChI is InChI=1S/C11H12FN5O/c1-13-9-6-10(17-16-9)15-11(18)14-8-5-3-2-4-7(8)12/h2-6H,1H3,(H4,13,14,15,16,17,18). The Morgan fingerprint density at radius 2 is 2.11 bits per heavy atom. The van der Waals surface area contributed by atoms with E-state index >= 15 is 0 Å². The molecule has 1 aromatic heterocycles. The van der Waals surface area contributed by atoms with Crippen LogP contribution in [0.25, 0.3) is 0 Å². The zero-order valence-corrected chi connectivity index (χ0v) is 9.62. The number of benzene rings is 1. The van der Waals surface area contributed by atoms with Gasteiger partial charge in [0.05, 0.1) is 5.69 Å². The second-order valence-electron chi connectivity index (χ2n) is 3.48. The van der Waals surface area contributed by atoms with Crippen LogP contribution in [0.3, 0.4) is 0 Å². The minimum absolute atomic E-state index is 0.114. The van der Waals surface area contributed by atoms with Gasteiger partial charge in [0.15, 0.2) is 0 Å². The van der Waals surface area contributed by atoms with Crippen LogP contribution in [-0.4, -0.2) is 23.3 Å². The molecule has 18 heavy (non-hydrogen) atoms. The van der Waals surface area contributed by atoms with E-state index in [9.17, 15) is 9.18 Å². The third-order valence-electron chi connectivity index (χ3n) is 2.20. The average molecular weight is 249 g/mol. The van der Waals surface area contributed by atoms with Crippen molar-refractivity contribution in [1.82, 2.24) is 10.2 Å². The molecule has 7 heteroatoms. The van der Waals surface area contributed by atoms with Crippen molar-refractivity contribution >= 4 is 23.4 Å². The molecule has 1 aromatic carbocycles. The van der Waals surface area contributed by atoms with E-state index in [0.29, 0.717) is 11.6 Å². The molecule has 0 saturated heterocycles. The molecule has 0 saturated carbocycles. The second-order valence-corrected chi connectivity index (χ2v) is 3.48. The molecule has 0 bridgehead atoms. The molecule has 1 heterocycles. The van der Waals surface area contributed by atoms with Crippen molar-refractivity contribution in [2.45, 2.75) is 0 Å². The molecule has 0 aliphatic heterocycles. The summed E-state index contributed by atoms with van der Waals surface area (Å²) < 4.78 is 13.3. The highest BCUT2D eigenvalue weighted by Gasteiger charge is 2.07. The minimum atomic E-state index is -0.550. The number of para-hydroxylation sites is 1. The maximum absolute atomic E-state index is 13.3. The van der Waals surface area contributed by atoms with Gasteiger partial charge in [-0.05, 0) is 12.1 Å². The molecule has 2 aromatic rings. The Balaban J connectivity index is 1.99. The minimum Gasteiger partial charge on any atom is -0.372 e. The summed E-state index contributed by atoms with van der Waals surface area (Å²) in [5.41, 5.74) is 0.114. The molecule has 0 fully saturated rings. The first kappa shape index (κ1) is 11.9. The number of urea groups is 1. The molecular formula is C11H12FN5O. The van der Waals surface area contributed by atoms with Gasteiger partial charge in [-0.25, -0.2) is 9.18 Å². The number of hydrogen-bond acceptors (Lipinski definition) is 3. The van der Waals surface area contributed by atoms with Gasteiger partial charge in [-0.15, -0.1) is 0 Å². The van der Waals surface area contributed by atoms with Gasteiger partial charge >= 0.3 is 6.03 Å². The first-order valence-electron chi connectivity index (χ1n) is 5.25. The molecule has 0 spiro atoms. The van der Waals surface area contributed by atoms with Crippen LogP contribution < -0.4 is 16.0 Å². The van der Waals surface area contributed by atoms with Crippen molar-refractivity contribution in [1.29, 1.82) is 0 Å². The number of rotatable bonds is 3. The van der Waals surface area contributed by atoms with Gasteiger partial charge in [0.25, 0.3) is 0 Å². The third-order valence-corrected chi connectivity index (χ3v) is 2.20. The van der Waals surface area contributed by atoms with E-state index in [1.807, 2.05) is 0 Å². The summed E-state index contributed by atoms with van der Waals surface area (Å²) in [5, 5.41) is 14.2. The van der Waals surface area contributed by atoms with Crippen LogP contribution in [0.4, 0.5) is 26.5 Å². The molecule has 6 nitrogen and oxygen atoms in total. The van der Waals surface area contributed by atoms with Crippen molar-refractivity contribution in [3.63, 3.8) is 0 Å². The number of nitrogens with one attached hydrogen (secondary N) is 4. The topological polar surface area (TPSA) is 81.8 Å². The summed E-state index contributed by atoms with van der Waals surface area (Å²) in [4.78, 5) is 11.6. The van der Waals surface area contributed by atoms with Gasteiger partial charge in [0, 0.05) is 13.1 Å². The molecule has 0 atom stereocenters. The first-order chi connectivity index (χ1) is 8.69. The van der Waals surface area contributed by atoms with Gasteiger partial charge < -0.3 is 10.6 Å². The fourth-order valence-corrected chi connectivity index (χ4v) is 1.35. The predicted octanol–water partition coefficient (Wildman–Crippen LogP) is 2.23. The smallest absolute Gasteiger partial charge is 0.324 e. The highest BCUT2D eigenvalue weighted by atomic mass is 19.1. The number of aromatic nitrogens is 2. The molecule has 94 valence electrons. The van der Waals surface area contributed by atoms with E-state index in [1.54, 1.807) is 25.2 Å². The number of nitrogens with zero attached hydrogens (tertiary/aromatic N) is 1. The number of halogens is 1. The largest absolute Gasteiger partial charge is 0.372 e. The summed E-state index contributed by atoms with van der Waals surface area (Å²) in [6, 6.07) is 6.99. The number of aromatic amines is 1. The highest BCUT2D eigenvalue weighted by molar-refractivity contribution is 5.99. The lowest BCUT2D eigenvalue weighted by molar-refractivity contribution is 0.262. The summed E-state index contributed by atoms with van der Waals surface area (Å²) >= 11 is 0. The van der Waals surface area contributed by atoms with Gasteiger partial charge in [-0.3, -0.25) is 10.4 Å². The molecular weight excluding hydrogens is 237 g/mol. The van der Waals surface area contributed by atoms with E-state index in [4.69, 9.17) is 0 Å². The maximum Gasteiger partial charge on any atom is 0.324 e. The summed E-state index contributed by atoms with van der Waals surface area (Å²) in [7, 11) is 1.71. The number of carbonyl (C=O) groups is 1. The van der Waals surface area contributed by atoms with E-state index in [0.717, 1.165) is 0 Å². The summed E-state index contributed by atoms with van der Waals surface area (Å²) in [5.74, 6) is 0.512.